The average molecular weight is 434 g/mol. The van der Waals surface area contributed by atoms with E-state index in [0.29, 0.717) is 40.9 Å². The summed E-state index contributed by atoms with van der Waals surface area (Å²) < 4.78 is 29.8. The van der Waals surface area contributed by atoms with Crippen LogP contribution in [0.3, 0.4) is 0 Å². The van der Waals surface area contributed by atoms with Gasteiger partial charge in [-0.05, 0) is 29.8 Å². The zero-order valence-electron chi connectivity index (χ0n) is 16.4. The van der Waals surface area contributed by atoms with Crippen LogP contribution in [0.2, 0.25) is 5.02 Å². The summed E-state index contributed by atoms with van der Waals surface area (Å²) in [5.74, 6) is -0.536. The van der Waals surface area contributed by atoms with Gasteiger partial charge in [-0.25, -0.2) is 9.18 Å². The lowest BCUT2D eigenvalue weighted by atomic mass is 10.2. The third-order valence-corrected chi connectivity index (χ3v) is 4.65. The van der Waals surface area contributed by atoms with Gasteiger partial charge in [-0.2, -0.15) is 0 Å². The van der Waals surface area contributed by atoms with Crippen LogP contribution in [0.15, 0.2) is 42.5 Å². The lowest BCUT2D eigenvalue weighted by Crippen LogP contribution is -2.30. The van der Waals surface area contributed by atoms with Crippen molar-refractivity contribution in [2.24, 2.45) is 0 Å². The molecule has 1 aliphatic heterocycles. The fourth-order valence-corrected chi connectivity index (χ4v) is 3.05. The molecule has 0 saturated carbocycles. The van der Waals surface area contributed by atoms with Crippen molar-refractivity contribution in [3.63, 3.8) is 0 Å². The predicted molar refractivity (Wildman–Crippen MR) is 110 cm³/mol. The van der Waals surface area contributed by atoms with Gasteiger partial charge in [0.05, 0.1) is 18.2 Å². The largest absolute Gasteiger partial charge is 0.489 e. The minimum Gasteiger partial charge on any atom is -0.489 e. The number of halogens is 2. The Kier molecular flexibility index (Phi) is 7.30. The Morgan fingerprint density at radius 2 is 2.00 bits per heavy atom. The SMILES string of the molecule is CN(Cc1ccccc1F)C(=O)COC(=O)/C=C/c1cc(Cl)c2c(c1)OCCCO2. The Morgan fingerprint density at radius 1 is 1.23 bits per heavy atom. The van der Waals surface area contributed by atoms with E-state index in [9.17, 15) is 14.0 Å². The lowest BCUT2D eigenvalue weighted by molar-refractivity contribution is -0.147. The molecule has 0 fully saturated rings. The van der Waals surface area contributed by atoms with Crippen LogP contribution in [-0.2, 0) is 20.9 Å². The Balaban J connectivity index is 1.53. The summed E-state index contributed by atoms with van der Waals surface area (Å²) in [6.45, 7) is 0.666. The van der Waals surface area contributed by atoms with Crippen LogP contribution in [0.4, 0.5) is 4.39 Å². The molecule has 158 valence electrons. The summed E-state index contributed by atoms with van der Waals surface area (Å²) in [4.78, 5) is 25.4. The van der Waals surface area contributed by atoms with Crippen LogP contribution in [0.25, 0.3) is 6.08 Å². The highest BCUT2D eigenvalue weighted by Crippen LogP contribution is 2.38. The lowest BCUT2D eigenvalue weighted by Gasteiger charge is -2.17. The minimum atomic E-state index is -0.689. The Bertz CT molecular complexity index is 963. The molecule has 0 unspecified atom stereocenters. The number of fused-ring (bicyclic) bond motifs is 1. The first kappa shape index (κ1) is 21.6. The second-order valence-electron chi connectivity index (χ2n) is 6.66. The maximum absolute atomic E-state index is 13.7. The van der Waals surface area contributed by atoms with Crippen molar-refractivity contribution < 1.29 is 28.2 Å². The van der Waals surface area contributed by atoms with Crippen LogP contribution >= 0.6 is 11.6 Å². The molecule has 0 radical (unpaired) electrons. The number of benzene rings is 2. The van der Waals surface area contributed by atoms with Crippen molar-refractivity contribution in [2.75, 3.05) is 26.9 Å². The first-order valence-corrected chi connectivity index (χ1v) is 9.73. The molecule has 2 aromatic carbocycles. The zero-order chi connectivity index (χ0) is 21.5. The molecular formula is C22H21ClFNO5. The molecule has 0 bridgehead atoms. The smallest absolute Gasteiger partial charge is 0.331 e. The van der Waals surface area contributed by atoms with Gasteiger partial charge in [0.2, 0.25) is 0 Å². The van der Waals surface area contributed by atoms with Gasteiger partial charge < -0.3 is 19.1 Å². The average Bonchev–Trinajstić information content (AvgIpc) is 2.98. The van der Waals surface area contributed by atoms with E-state index in [1.165, 1.54) is 30.2 Å². The van der Waals surface area contributed by atoms with E-state index in [1.54, 1.807) is 30.3 Å². The number of amides is 1. The molecule has 6 nitrogen and oxygen atoms in total. The van der Waals surface area contributed by atoms with Crippen LogP contribution in [0.5, 0.6) is 11.5 Å². The number of hydrogen-bond acceptors (Lipinski definition) is 5. The quantitative estimate of drug-likeness (QED) is 0.511. The van der Waals surface area contributed by atoms with Crippen LogP contribution in [0, 0.1) is 5.82 Å². The molecule has 0 saturated heterocycles. The van der Waals surface area contributed by atoms with Crippen LogP contribution in [-0.4, -0.2) is 43.6 Å². The number of esters is 1. The molecule has 0 spiro atoms. The molecule has 8 heteroatoms. The summed E-state index contributed by atoms with van der Waals surface area (Å²) in [7, 11) is 1.51. The molecule has 0 aliphatic carbocycles. The summed E-state index contributed by atoms with van der Waals surface area (Å²) in [5, 5.41) is 0.382. The highest BCUT2D eigenvalue weighted by molar-refractivity contribution is 6.32. The van der Waals surface area contributed by atoms with Gasteiger partial charge in [0.15, 0.2) is 18.1 Å². The number of rotatable bonds is 6. The zero-order valence-corrected chi connectivity index (χ0v) is 17.2. The van der Waals surface area contributed by atoms with Crippen molar-refractivity contribution in [1.82, 2.24) is 4.90 Å². The van der Waals surface area contributed by atoms with E-state index in [0.717, 1.165) is 6.42 Å². The summed E-state index contributed by atoms with van der Waals surface area (Å²) >= 11 is 6.22. The fourth-order valence-electron chi connectivity index (χ4n) is 2.77. The molecule has 0 aromatic heterocycles. The Labute approximate surface area is 178 Å². The first-order chi connectivity index (χ1) is 14.4. The predicted octanol–water partition coefficient (Wildman–Crippen LogP) is 3.86. The normalized spacial score (nSPS) is 13.0. The fraction of sp³-hybridized carbons (Fsp3) is 0.273. The van der Waals surface area contributed by atoms with E-state index >= 15 is 0 Å². The van der Waals surface area contributed by atoms with Crippen LogP contribution < -0.4 is 9.47 Å². The van der Waals surface area contributed by atoms with E-state index in [-0.39, 0.29) is 6.54 Å². The van der Waals surface area contributed by atoms with Gasteiger partial charge in [0.25, 0.3) is 5.91 Å². The molecule has 0 N–H and O–H groups in total. The van der Waals surface area contributed by atoms with Crippen LogP contribution in [0.1, 0.15) is 17.5 Å². The van der Waals surface area contributed by atoms with Crippen molar-refractivity contribution in [1.29, 1.82) is 0 Å². The van der Waals surface area contributed by atoms with Gasteiger partial charge >= 0.3 is 5.97 Å². The maximum atomic E-state index is 13.7. The van der Waals surface area contributed by atoms with Gasteiger partial charge in [-0.15, -0.1) is 0 Å². The minimum absolute atomic E-state index is 0.0780. The number of carbonyl (C=O) groups excluding carboxylic acids is 2. The third-order valence-electron chi connectivity index (χ3n) is 4.37. The highest BCUT2D eigenvalue weighted by Gasteiger charge is 2.16. The number of hydrogen-bond donors (Lipinski definition) is 0. The number of ether oxygens (including phenoxy) is 3. The number of nitrogens with zero attached hydrogens (tertiary/aromatic N) is 1. The van der Waals surface area contributed by atoms with Gasteiger partial charge in [0, 0.05) is 31.7 Å². The standard InChI is InChI=1S/C22H21ClFNO5/c1-25(13-16-5-2-3-6-18(16)24)20(26)14-30-21(27)8-7-15-11-17(23)22-19(12-15)28-9-4-10-29-22/h2-3,5-8,11-12H,4,9-10,13-14H2,1H3/b8-7+. The number of likely N-dealkylation sites (N-methyl/N-ethyl adjacent to an activating group) is 1. The second kappa shape index (κ2) is 10.1. The van der Waals surface area contributed by atoms with E-state index in [4.69, 9.17) is 25.8 Å². The molecular weight excluding hydrogens is 413 g/mol. The van der Waals surface area contributed by atoms with Gasteiger partial charge in [-0.1, -0.05) is 29.8 Å². The molecule has 1 heterocycles. The van der Waals surface area contributed by atoms with Crippen molar-refractivity contribution in [2.45, 2.75) is 13.0 Å². The maximum Gasteiger partial charge on any atom is 0.331 e. The molecule has 0 atom stereocenters. The van der Waals surface area contributed by atoms with E-state index in [2.05, 4.69) is 0 Å². The molecule has 2 aromatic rings. The first-order valence-electron chi connectivity index (χ1n) is 9.35. The monoisotopic (exact) mass is 433 g/mol. The van der Waals surface area contributed by atoms with E-state index in [1.807, 2.05) is 0 Å². The molecule has 3 rings (SSSR count). The molecule has 1 aliphatic rings. The van der Waals surface area contributed by atoms with E-state index < -0.39 is 24.3 Å². The topological polar surface area (TPSA) is 65.1 Å². The van der Waals surface area contributed by atoms with Gasteiger partial charge in [-0.3, -0.25) is 4.79 Å². The Hall–Kier alpha value is -3.06. The summed E-state index contributed by atoms with van der Waals surface area (Å²) in [6.07, 6.45) is 3.46. The second-order valence-corrected chi connectivity index (χ2v) is 7.07. The van der Waals surface area contributed by atoms with Crippen molar-refractivity contribution in [3.8, 4) is 11.5 Å². The summed E-state index contributed by atoms with van der Waals surface area (Å²) in [5.41, 5.74) is 1.01. The van der Waals surface area contributed by atoms with Crippen molar-refractivity contribution in [3.05, 3.63) is 64.4 Å². The highest BCUT2D eigenvalue weighted by atomic mass is 35.5. The number of carbonyl (C=O) groups is 2. The summed E-state index contributed by atoms with van der Waals surface area (Å²) in [6, 6.07) is 9.53. The Morgan fingerprint density at radius 3 is 2.80 bits per heavy atom. The third kappa shape index (κ3) is 5.73. The van der Waals surface area contributed by atoms with Gasteiger partial charge in [0.1, 0.15) is 5.82 Å². The molecule has 30 heavy (non-hydrogen) atoms. The molecule has 1 amide bonds. The van der Waals surface area contributed by atoms with Crippen molar-refractivity contribution >= 4 is 29.6 Å².